The van der Waals surface area contributed by atoms with E-state index in [0.29, 0.717) is 12.8 Å². The zero-order valence-corrected chi connectivity index (χ0v) is 11.7. The summed E-state index contributed by atoms with van der Waals surface area (Å²) in [6, 6.07) is 6.17. The van der Waals surface area contributed by atoms with Gasteiger partial charge in [0.25, 0.3) is 0 Å². The fraction of sp³-hybridized carbons (Fsp3) is 0.333. The Labute approximate surface area is 116 Å². The molecule has 15 heavy (non-hydrogen) atoms. The summed E-state index contributed by atoms with van der Waals surface area (Å²) in [6.07, 6.45) is 1.23. The number of aryl methyl sites for hydroxylation is 1. The molecule has 0 spiro atoms. The molecule has 1 aromatic rings. The zero-order chi connectivity index (χ0) is 10.3. The van der Waals surface area contributed by atoms with E-state index in [1.165, 1.54) is 16.7 Å². The van der Waals surface area contributed by atoms with Crippen LogP contribution in [0.15, 0.2) is 18.2 Å². The van der Waals surface area contributed by atoms with Gasteiger partial charge in [0.2, 0.25) is 0 Å². The van der Waals surface area contributed by atoms with Crippen LogP contribution < -0.4 is 0 Å². The van der Waals surface area contributed by atoms with E-state index in [1.54, 1.807) is 0 Å². The van der Waals surface area contributed by atoms with Gasteiger partial charge in [-0.2, -0.15) is 0 Å². The van der Waals surface area contributed by atoms with E-state index in [9.17, 15) is 4.79 Å². The SMILES string of the molecule is [CH2-]C1(C([NH-])=O)Cc2ccc(C)cc2C1.[Y]. The summed E-state index contributed by atoms with van der Waals surface area (Å²) in [6.45, 7) is 5.91. The summed E-state index contributed by atoms with van der Waals surface area (Å²) in [5.74, 6) is -0.550. The summed E-state index contributed by atoms with van der Waals surface area (Å²) in [5, 5.41) is 0. The number of amides is 1. The monoisotopic (exact) mass is 276 g/mol. The average molecular weight is 276 g/mol. The Hall–Kier alpha value is -0.206. The van der Waals surface area contributed by atoms with Gasteiger partial charge in [0.15, 0.2) is 0 Å². The molecule has 1 aromatic carbocycles. The van der Waals surface area contributed by atoms with Gasteiger partial charge in [-0.15, -0.1) is 5.41 Å². The second kappa shape index (κ2) is 4.35. The first kappa shape index (κ1) is 12.9. The largest absolute Gasteiger partial charge is 0.670 e. The summed E-state index contributed by atoms with van der Waals surface area (Å²) in [4.78, 5) is 11.1. The quantitative estimate of drug-likeness (QED) is 0.726. The van der Waals surface area contributed by atoms with Crippen LogP contribution in [0.3, 0.4) is 0 Å². The van der Waals surface area contributed by atoms with Crippen molar-refractivity contribution in [3.05, 3.63) is 47.5 Å². The molecule has 0 fully saturated rings. The molecular weight excluding hydrogens is 263 g/mol. The van der Waals surface area contributed by atoms with Crippen LogP contribution in [0.5, 0.6) is 0 Å². The van der Waals surface area contributed by atoms with E-state index in [2.05, 4.69) is 13.0 Å². The fourth-order valence-corrected chi connectivity index (χ4v) is 2.04. The van der Waals surface area contributed by atoms with Crippen LogP contribution in [0.1, 0.15) is 16.7 Å². The number of fused-ring (bicyclic) bond motifs is 1. The van der Waals surface area contributed by atoms with Crippen molar-refractivity contribution < 1.29 is 37.5 Å². The molecule has 0 saturated carbocycles. The molecule has 1 amide bonds. The number of hydrogen-bond acceptors (Lipinski definition) is 1. The molecule has 1 aliphatic carbocycles. The minimum Gasteiger partial charge on any atom is -0.670 e. The Balaban J connectivity index is 0.00000112. The Morgan fingerprint density at radius 3 is 2.60 bits per heavy atom. The smallest absolute Gasteiger partial charge is 0.0251 e. The van der Waals surface area contributed by atoms with E-state index in [-0.39, 0.29) is 32.7 Å². The van der Waals surface area contributed by atoms with E-state index in [4.69, 9.17) is 5.73 Å². The van der Waals surface area contributed by atoms with Crippen molar-refractivity contribution in [2.75, 3.05) is 0 Å². The minimum absolute atomic E-state index is 0. The molecule has 1 aliphatic rings. The standard InChI is InChI=1S/C12H14NO.Y/c1-8-3-4-9-6-12(2,11(13)14)7-10(9)5-8;/h3-5H,2,6-7H2,1H3,(H2,13,14);/q-1;/p-1. The van der Waals surface area contributed by atoms with Gasteiger partial charge >= 0.3 is 0 Å². The molecule has 0 aliphatic heterocycles. The Bertz CT molecular complexity index is 403. The molecular formula is C12H13NOY-2. The van der Waals surface area contributed by atoms with Gasteiger partial charge in [-0.05, 0) is 30.9 Å². The van der Waals surface area contributed by atoms with E-state index < -0.39 is 11.3 Å². The predicted octanol–water partition coefficient (Wildman–Crippen LogP) is 2.49. The molecule has 0 saturated heterocycles. The van der Waals surface area contributed by atoms with Crippen LogP contribution in [-0.4, -0.2) is 5.91 Å². The van der Waals surface area contributed by atoms with Crippen LogP contribution in [-0.2, 0) is 50.3 Å². The molecule has 0 bridgehead atoms. The molecule has 1 unspecified atom stereocenters. The van der Waals surface area contributed by atoms with Gasteiger partial charge in [-0.1, -0.05) is 23.8 Å². The Kier molecular flexibility index (Phi) is 3.73. The van der Waals surface area contributed by atoms with Crippen molar-refractivity contribution >= 4 is 5.91 Å². The zero-order valence-electron chi connectivity index (χ0n) is 8.84. The maximum Gasteiger partial charge on any atom is 0.0251 e. The van der Waals surface area contributed by atoms with Gasteiger partial charge in [0.1, 0.15) is 0 Å². The predicted molar refractivity (Wildman–Crippen MR) is 55.7 cm³/mol. The second-order valence-corrected chi connectivity index (χ2v) is 4.24. The second-order valence-electron chi connectivity index (χ2n) is 4.24. The molecule has 0 aromatic heterocycles. The number of nitrogens with one attached hydrogen (secondary N) is 1. The third kappa shape index (κ3) is 2.31. The van der Waals surface area contributed by atoms with Crippen LogP contribution in [0.2, 0.25) is 0 Å². The van der Waals surface area contributed by atoms with Gasteiger partial charge in [0, 0.05) is 38.6 Å². The first-order valence-corrected chi connectivity index (χ1v) is 4.71. The molecule has 3 heteroatoms. The number of benzene rings is 1. The van der Waals surface area contributed by atoms with Crippen LogP contribution in [0.4, 0.5) is 0 Å². The minimum atomic E-state index is -0.726. The molecule has 2 rings (SSSR count). The maximum absolute atomic E-state index is 11.1. The average Bonchev–Trinajstić information content (AvgIpc) is 2.42. The molecule has 1 atom stereocenters. The number of carbonyl (C=O) groups excluding carboxylic acids is 1. The van der Waals surface area contributed by atoms with Crippen molar-refractivity contribution in [1.82, 2.24) is 0 Å². The van der Waals surface area contributed by atoms with Crippen molar-refractivity contribution in [3.8, 4) is 0 Å². The summed E-state index contributed by atoms with van der Waals surface area (Å²) in [5.41, 5.74) is 10.0. The molecule has 77 valence electrons. The number of rotatable bonds is 1. The first-order valence-electron chi connectivity index (χ1n) is 4.71. The van der Waals surface area contributed by atoms with Crippen molar-refractivity contribution in [3.63, 3.8) is 0 Å². The van der Waals surface area contributed by atoms with E-state index in [1.807, 2.05) is 19.1 Å². The van der Waals surface area contributed by atoms with Crippen molar-refractivity contribution in [2.45, 2.75) is 19.8 Å². The van der Waals surface area contributed by atoms with Crippen molar-refractivity contribution in [1.29, 1.82) is 0 Å². The fourth-order valence-electron chi connectivity index (χ4n) is 2.04. The number of carbonyl (C=O) groups is 1. The maximum atomic E-state index is 11.1. The first-order chi connectivity index (χ1) is 6.51. The van der Waals surface area contributed by atoms with Crippen molar-refractivity contribution in [2.24, 2.45) is 5.41 Å². The number of hydrogen-bond donors (Lipinski definition) is 0. The van der Waals surface area contributed by atoms with Crippen LogP contribution in [0, 0.1) is 19.3 Å². The van der Waals surface area contributed by atoms with Crippen LogP contribution >= 0.6 is 0 Å². The summed E-state index contributed by atoms with van der Waals surface area (Å²) < 4.78 is 0. The Morgan fingerprint density at radius 2 is 2.00 bits per heavy atom. The van der Waals surface area contributed by atoms with E-state index >= 15 is 0 Å². The Morgan fingerprint density at radius 1 is 1.40 bits per heavy atom. The van der Waals surface area contributed by atoms with E-state index in [0.717, 1.165) is 0 Å². The molecule has 1 radical (unpaired) electrons. The molecule has 0 heterocycles. The summed E-state index contributed by atoms with van der Waals surface area (Å²) in [7, 11) is 0. The van der Waals surface area contributed by atoms with Crippen LogP contribution in [0.25, 0.3) is 5.73 Å². The van der Waals surface area contributed by atoms with Gasteiger partial charge in [0.05, 0.1) is 0 Å². The van der Waals surface area contributed by atoms with Gasteiger partial charge in [-0.25, -0.2) is 0 Å². The summed E-state index contributed by atoms with van der Waals surface area (Å²) >= 11 is 0. The topological polar surface area (TPSA) is 40.9 Å². The normalized spacial score (nSPS) is 23.1. The molecule has 1 N–H and O–H groups in total. The van der Waals surface area contributed by atoms with Gasteiger partial charge in [-0.3, -0.25) is 0 Å². The van der Waals surface area contributed by atoms with Gasteiger partial charge < -0.3 is 17.5 Å². The third-order valence-electron chi connectivity index (χ3n) is 2.90. The molecule has 2 nitrogen and oxygen atoms in total. The third-order valence-corrected chi connectivity index (χ3v) is 2.90.